The van der Waals surface area contributed by atoms with Gasteiger partial charge in [-0.1, -0.05) is 58.4 Å². The molecule has 0 aliphatic carbocycles. The van der Waals surface area contributed by atoms with Gasteiger partial charge in [-0.05, 0) is 41.2 Å². The minimum atomic E-state index is -0.686. The molecular weight excluding hydrogens is 327 g/mol. The van der Waals surface area contributed by atoms with Gasteiger partial charge >= 0.3 is 0 Å². The van der Waals surface area contributed by atoms with Gasteiger partial charge < -0.3 is 10.2 Å². The zero-order valence-corrected chi connectivity index (χ0v) is 15.5. The van der Waals surface area contributed by atoms with E-state index in [4.69, 9.17) is 11.6 Å². The molecule has 0 saturated heterocycles. The molecule has 2 N–H and O–H groups in total. The van der Waals surface area contributed by atoms with Gasteiger partial charge in [-0.25, -0.2) is 4.39 Å². The van der Waals surface area contributed by atoms with Crippen LogP contribution in [0, 0.1) is 5.82 Å². The summed E-state index contributed by atoms with van der Waals surface area (Å²) in [6.45, 7) is 9.79. The second kappa shape index (κ2) is 6.29. The third kappa shape index (κ3) is 3.67. The van der Waals surface area contributed by atoms with Crippen LogP contribution < -0.4 is 0 Å². The predicted molar refractivity (Wildman–Crippen MR) is 96.6 cm³/mol. The lowest BCUT2D eigenvalue weighted by Gasteiger charge is -2.28. The number of benzene rings is 2. The largest absolute Gasteiger partial charge is 0.508 e. The van der Waals surface area contributed by atoms with Crippen molar-refractivity contribution in [1.82, 2.24) is 0 Å². The molecule has 0 bridgehead atoms. The third-order valence-corrected chi connectivity index (χ3v) is 4.58. The van der Waals surface area contributed by atoms with Crippen LogP contribution in [0.1, 0.15) is 51.3 Å². The Morgan fingerprint density at radius 1 is 1.00 bits per heavy atom. The van der Waals surface area contributed by atoms with E-state index in [2.05, 4.69) is 0 Å². The molecule has 0 atom stereocenters. The first-order valence-electron chi connectivity index (χ1n) is 7.93. The van der Waals surface area contributed by atoms with Gasteiger partial charge in [0.2, 0.25) is 0 Å². The normalized spacial score (nSPS) is 12.5. The topological polar surface area (TPSA) is 40.5 Å². The van der Waals surface area contributed by atoms with E-state index in [1.807, 2.05) is 46.8 Å². The summed E-state index contributed by atoms with van der Waals surface area (Å²) in [5.74, 6) is -0.485. The molecule has 24 heavy (non-hydrogen) atoms. The van der Waals surface area contributed by atoms with Crippen molar-refractivity contribution in [3.63, 3.8) is 0 Å². The Morgan fingerprint density at radius 3 is 2.17 bits per heavy atom. The Kier molecular flexibility index (Phi) is 4.87. The van der Waals surface area contributed by atoms with Crippen molar-refractivity contribution in [2.24, 2.45) is 0 Å². The van der Waals surface area contributed by atoms with Crippen molar-refractivity contribution >= 4 is 11.6 Å². The summed E-state index contributed by atoms with van der Waals surface area (Å²) in [5, 5.41) is 20.6. The summed E-state index contributed by atoms with van der Waals surface area (Å²) < 4.78 is 14.3. The smallest absolute Gasteiger partial charge is 0.140 e. The van der Waals surface area contributed by atoms with Crippen molar-refractivity contribution in [3.8, 4) is 11.5 Å². The van der Waals surface area contributed by atoms with Crippen LogP contribution in [0.5, 0.6) is 11.5 Å². The van der Waals surface area contributed by atoms with Crippen LogP contribution in [-0.2, 0) is 17.3 Å². The minimum Gasteiger partial charge on any atom is -0.508 e. The number of aromatic hydroxyl groups is 2. The Balaban J connectivity index is 2.40. The number of halogens is 2. The van der Waals surface area contributed by atoms with E-state index in [9.17, 15) is 14.6 Å². The Labute approximate surface area is 147 Å². The van der Waals surface area contributed by atoms with Gasteiger partial charge in [-0.2, -0.15) is 0 Å². The first-order valence-corrected chi connectivity index (χ1v) is 8.31. The summed E-state index contributed by atoms with van der Waals surface area (Å²) >= 11 is 5.93. The highest BCUT2D eigenvalue weighted by Crippen LogP contribution is 2.40. The molecule has 2 aromatic rings. The zero-order chi connectivity index (χ0) is 18.3. The summed E-state index contributed by atoms with van der Waals surface area (Å²) in [6, 6.07) is 8.15. The summed E-state index contributed by atoms with van der Waals surface area (Å²) in [4.78, 5) is 0. The van der Waals surface area contributed by atoms with E-state index in [1.54, 1.807) is 6.07 Å². The number of hydrogen-bond donors (Lipinski definition) is 2. The fourth-order valence-corrected chi connectivity index (χ4v) is 3.26. The molecular formula is C20H24ClFO2. The van der Waals surface area contributed by atoms with Crippen LogP contribution in [0.2, 0.25) is 5.02 Å². The van der Waals surface area contributed by atoms with Gasteiger partial charge in [0.1, 0.15) is 17.3 Å². The van der Waals surface area contributed by atoms with Crippen LogP contribution >= 0.6 is 11.6 Å². The van der Waals surface area contributed by atoms with Crippen molar-refractivity contribution in [1.29, 1.82) is 0 Å². The van der Waals surface area contributed by atoms with E-state index in [-0.39, 0.29) is 27.5 Å². The highest BCUT2D eigenvalue weighted by atomic mass is 35.5. The molecule has 0 saturated carbocycles. The molecule has 0 heterocycles. The molecule has 130 valence electrons. The van der Waals surface area contributed by atoms with Crippen LogP contribution in [0.4, 0.5) is 4.39 Å². The van der Waals surface area contributed by atoms with E-state index in [1.165, 1.54) is 12.1 Å². The molecule has 0 radical (unpaired) electrons. The second-order valence-electron chi connectivity index (χ2n) is 7.91. The molecule has 0 aliphatic heterocycles. The van der Waals surface area contributed by atoms with Crippen LogP contribution in [-0.4, -0.2) is 10.2 Å². The van der Waals surface area contributed by atoms with Gasteiger partial charge in [-0.3, -0.25) is 0 Å². The fourth-order valence-electron chi connectivity index (χ4n) is 3.11. The quantitative estimate of drug-likeness (QED) is 0.744. The Morgan fingerprint density at radius 2 is 1.62 bits per heavy atom. The monoisotopic (exact) mass is 350 g/mol. The molecule has 0 fully saturated rings. The van der Waals surface area contributed by atoms with Crippen molar-refractivity contribution in [3.05, 3.63) is 57.9 Å². The summed E-state index contributed by atoms with van der Waals surface area (Å²) in [6.07, 6.45) is 0.454. The molecule has 2 rings (SSSR count). The van der Waals surface area contributed by atoms with Crippen LogP contribution in [0.15, 0.2) is 30.3 Å². The lowest BCUT2D eigenvalue weighted by atomic mass is 9.77. The van der Waals surface area contributed by atoms with E-state index >= 15 is 0 Å². The van der Waals surface area contributed by atoms with Gasteiger partial charge in [-0.15, -0.1) is 0 Å². The third-order valence-electron chi connectivity index (χ3n) is 4.27. The van der Waals surface area contributed by atoms with Crippen LogP contribution in [0.25, 0.3) is 0 Å². The van der Waals surface area contributed by atoms with Crippen molar-refractivity contribution in [2.75, 3.05) is 0 Å². The first-order chi connectivity index (χ1) is 10.9. The van der Waals surface area contributed by atoms with Crippen molar-refractivity contribution in [2.45, 2.75) is 51.9 Å². The highest BCUT2D eigenvalue weighted by molar-refractivity contribution is 6.32. The average molecular weight is 351 g/mol. The summed E-state index contributed by atoms with van der Waals surface area (Å²) in [7, 11) is 0. The van der Waals surface area contributed by atoms with Crippen LogP contribution in [0.3, 0.4) is 0 Å². The molecule has 0 aliphatic rings. The lowest BCUT2D eigenvalue weighted by molar-refractivity contribution is 0.412. The molecule has 0 amide bonds. The summed E-state index contributed by atoms with van der Waals surface area (Å²) in [5.41, 5.74) is 1.07. The second-order valence-corrected chi connectivity index (χ2v) is 8.32. The number of phenolic OH excluding ortho intramolecular Hbond substituents is 2. The van der Waals surface area contributed by atoms with Gasteiger partial charge in [0.05, 0.1) is 5.02 Å². The Bertz CT molecular complexity index is 761. The van der Waals surface area contributed by atoms with E-state index in [0.29, 0.717) is 6.42 Å². The average Bonchev–Trinajstić information content (AvgIpc) is 2.41. The first kappa shape index (κ1) is 18.6. The molecule has 2 nitrogen and oxygen atoms in total. The Hall–Kier alpha value is -1.74. The molecule has 4 heteroatoms. The maximum absolute atomic E-state index is 14.3. The lowest BCUT2D eigenvalue weighted by Crippen LogP contribution is -2.22. The zero-order valence-electron chi connectivity index (χ0n) is 14.7. The maximum atomic E-state index is 14.3. The van der Waals surface area contributed by atoms with E-state index < -0.39 is 11.2 Å². The SMILES string of the molecule is CC(C)(C)c1ccc(CC(C)(C)c2c(F)ccc(Cl)c2O)cc1O. The van der Waals surface area contributed by atoms with Gasteiger partial charge in [0.15, 0.2) is 0 Å². The molecule has 2 aromatic carbocycles. The fraction of sp³-hybridized carbons (Fsp3) is 0.400. The van der Waals surface area contributed by atoms with Gasteiger partial charge in [0.25, 0.3) is 0 Å². The minimum absolute atomic E-state index is 0.130. The van der Waals surface area contributed by atoms with Gasteiger partial charge in [0, 0.05) is 11.0 Å². The van der Waals surface area contributed by atoms with E-state index in [0.717, 1.165) is 11.1 Å². The number of hydrogen-bond acceptors (Lipinski definition) is 2. The maximum Gasteiger partial charge on any atom is 0.140 e. The number of rotatable bonds is 3. The molecule has 0 aromatic heterocycles. The molecule has 0 spiro atoms. The molecule has 0 unspecified atom stereocenters. The number of phenols is 2. The highest BCUT2D eigenvalue weighted by Gasteiger charge is 2.30. The predicted octanol–water partition coefficient (Wildman–Crippen LogP) is 5.71. The standard InChI is InChI=1S/C20H24ClFO2/c1-19(2,3)13-7-6-12(10-16(13)23)11-20(4,5)17-15(22)9-8-14(21)18(17)24/h6-10,23-24H,11H2,1-5H3. The van der Waals surface area contributed by atoms with Crippen molar-refractivity contribution < 1.29 is 14.6 Å².